The zero-order chi connectivity index (χ0) is 15.1. The van der Waals surface area contributed by atoms with Crippen molar-refractivity contribution in [2.75, 3.05) is 13.6 Å². The van der Waals surface area contributed by atoms with Crippen molar-refractivity contribution in [2.45, 2.75) is 103 Å². The molecule has 0 bridgehead atoms. The Morgan fingerprint density at radius 1 is 0.857 bits per heavy atom. The third-order valence-electron chi connectivity index (χ3n) is 6.54. The third-order valence-corrected chi connectivity index (χ3v) is 6.54. The maximum absolute atomic E-state index is 2.63. The highest BCUT2D eigenvalue weighted by Crippen LogP contribution is 2.46. The van der Waals surface area contributed by atoms with Gasteiger partial charge in [-0.1, -0.05) is 52.4 Å². The SMILES string of the molecule is CCCN(C)C1CCC2(CCCCCCC(C)CC2)CC1. The van der Waals surface area contributed by atoms with Gasteiger partial charge in [0, 0.05) is 6.04 Å². The highest BCUT2D eigenvalue weighted by molar-refractivity contribution is 4.89. The Morgan fingerprint density at radius 3 is 2.24 bits per heavy atom. The van der Waals surface area contributed by atoms with E-state index in [1.54, 1.807) is 0 Å². The van der Waals surface area contributed by atoms with Crippen LogP contribution in [0.4, 0.5) is 0 Å². The Kier molecular flexibility index (Phi) is 7.05. The fourth-order valence-electron chi connectivity index (χ4n) is 4.86. The first-order valence-electron chi connectivity index (χ1n) is 9.85. The molecule has 2 rings (SSSR count). The Hall–Kier alpha value is -0.0400. The fraction of sp³-hybridized carbons (Fsp3) is 1.00. The Labute approximate surface area is 133 Å². The van der Waals surface area contributed by atoms with E-state index in [1.807, 2.05) is 0 Å². The van der Waals surface area contributed by atoms with Crippen molar-refractivity contribution in [3.05, 3.63) is 0 Å². The van der Waals surface area contributed by atoms with Crippen LogP contribution in [-0.4, -0.2) is 24.5 Å². The van der Waals surface area contributed by atoms with Gasteiger partial charge in [-0.3, -0.25) is 0 Å². The fourth-order valence-corrected chi connectivity index (χ4v) is 4.86. The first kappa shape index (κ1) is 17.3. The van der Waals surface area contributed by atoms with Crippen LogP contribution in [0.2, 0.25) is 0 Å². The highest BCUT2D eigenvalue weighted by atomic mass is 15.1. The lowest BCUT2D eigenvalue weighted by Gasteiger charge is -2.44. The Balaban J connectivity index is 1.88. The van der Waals surface area contributed by atoms with E-state index < -0.39 is 0 Å². The van der Waals surface area contributed by atoms with Gasteiger partial charge >= 0.3 is 0 Å². The van der Waals surface area contributed by atoms with Gasteiger partial charge in [0.2, 0.25) is 0 Å². The summed E-state index contributed by atoms with van der Waals surface area (Å²) in [5.41, 5.74) is 0.731. The molecule has 1 unspecified atom stereocenters. The van der Waals surface area contributed by atoms with Crippen molar-refractivity contribution in [3.63, 3.8) is 0 Å². The van der Waals surface area contributed by atoms with Gasteiger partial charge in [-0.05, 0) is 69.9 Å². The van der Waals surface area contributed by atoms with Crippen LogP contribution in [0.3, 0.4) is 0 Å². The summed E-state index contributed by atoms with van der Waals surface area (Å²) in [6, 6.07) is 0.878. The molecule has 0 radical (unpaired) electrons. The van der Waals surface area contributed by atoms with E-state index in [0.717, 1.165) is 17.4 Å². The molecule has 2 saturated carbocycles. The molecule has 21 heavy (non-hydrogen) atoms. The quantitative estimate of drug-likeness (QED) is 0.614. The molecule has 1 atom stereocenters. The van der Waals surface area contributed by atoms with Crippen molar-refractivity contribution < 1.29 is 0 Å². The third kappa shape index (κ3) is 5.27. The predicted molar refractivity (Wildman–Crippen MR) is 93.7 cm³/mol. The van der Waals surface area contributed by atoms with E-state index in [0.29, 0.717) is 0 Å². The van der Waals surface area contributed by atoms with Crippen LogP contribution in [0.25, 0.3) is 0 Å². The van der Waals surface area contributed by atoms with Gasteiger partial charge in [-0.2, -0.15) is 0 Å². The molecule has 0 heterocycles. The maximum Gasteiger partial charge on any atom is 0.00926 e. The lowest BCUT2D eigenvalue weighted by atomic mass is 9.65. The van der Waals surface area contributed by atoms with Gasteiger partial charge in [-0.15, -0.1) is 0 Å². The predicted octanol–water partition coefficient (Wildman–Crippen LogP) is 6.03. The normalized spacial score (nSPS) is 36.0. The van der Waals surface area contributed by atoms with Crippen LogP contribution in [0, 0.1) is 11.3 Å². The average Bonchev–Trinajstić information content (AvgIpc) is 2.49. The van der Waals surface area contributed by atoms with E-state index in [9.17, 15) is 0 Å². The molecule has 2 aliphatic carbocycles. The zero-order valence-electron chi connectivity index (χ0n) is 15.0. The molecule has 0 aromatic rings. The largest absolute Gasteiger partial charge is 0.303 e. The molecule has 1 heteroatoms. The van der Waals surface area contributed by atoms with Gasteiger partial charge in [0.15, 0.2) is 0 Å². The van der Waals surface area contributed by atoms with Gasteiger partial charge in [0.05, 0.1) is 0 Å². The Bertz CT molecular complexity index is 278. The van der Waals surface area contributed by atoms with E-state index >= 15 is 0 Å². The molecular weight excluding hydrogens is 254 g/mol. The molecule has 0 amide bonds. The molecule has 124 valence electrons. The molecule has 1 nitrogen and oxygen atoms in total. The van der Waals surface area contributed by atoms with Crippen LogP contribution >= 0.6 is 0 Å². The molecule has 0 aromatic heterocycles. The molecule has 2 fully saturated rings. The van der Waals surface area contributed by atoms with E-state index in [1.165, 1.54) is 90.0 Å². The Morgan fingerprint density at radius 2 is 1.52 bits per heavy atom. The first-order valence-corrected chi connectivity index (χ1v) is 9.85. The summed E-state index contributed by atoms with van der Waals surface area (Å²) < 4.78 is 0. The summed E-state index contributed by atoms with van der Waals surface area (Å²) in [4.78, 5) is 2.63. The molecule has 0 saturated heterocycles. The van der Waals surface area contributed by atoms with Crippen molar-refractivity contribution in [2.24, 2.45) is 11.3 Å². The summed E-state index contributed by atoms with van der Waals surface area (Å²) in [6.07, 6.45) is 19.3. The van der Waals surface area contributed by atoms with Gasteiger partial charge < -0.3 is 4.90 Å². The lowest BCUT2D eigenvalue weighted by molar-refractivity contribution is 0.0786. The van der Waals surface area contributed by atoms with E-state index in [-0.39, 0.29) is 0 Å². The minimum absolute atomic E-state index is 0.731. The second kappa shape index (κ2) is 8.56. The summed E-state index contributed by atoms with van der Waals surface area (Å²) in [6.45, 7) is 6.09. The number of rotatable bonds is 3. The average molecular weight is 294 g/mol. The van der Waals surface area contributed by atoms with Crippen LogP contribution in [0.1, 0.15) is 97.3 Å². The van der Waals surface area contributed by atoms with Crippen LogP contribution < -0.4 is 0 Å². The van der Waals surface area contributed by atoms with Crippen molar-refractivity contribution >= 4 is 0 Å². The standard InChI is InChI=1S/C20H39N/c1-4-17-21(3)19-11-15-20(16-12-19)13-8-6-5-7-9-18(2)10-14-20/h18-19H,4-17H2,1-3H3. The van der Waals surface area contributed by atoms with Gasteiger partial charge in [0.1, 0.15) is 0 Å². The molecular formula is C20H39N. The monoisotopic (exact) mass is 293 g/mol. The second-order valence-corrected chi connectivity index (χ2v) is 8.31. The number of hydrogen-bond acceptors (Lipinski definition) is 1. The van der Waals surface area contributed by atoms with Crippen molar-refractivity contribution in [1.82, 2.24) is 4.90 Å². The minimum Gasteiger partial charge on any atom is -0.303 e. The summed E-state index contributed by atoms with van der Waals surface area (Å²) in [5.74, 6) is 0.973. The summed E-state index contributed by atoms with van der Waals surface area (Å²) >= 11 is 0. The minimum atomic E-state index is 0.731. The van der Waals surface area contributed by atoms with E-state index in [2.05, 4.69) is 25.8 Å². The summed E-state index contributed by atoms with van der Waals surface area (Å²) in [7, 11) is 2.35. The van der Waals surface area contributed by atoms with Crippen molar-refractivity contribution in [3.8, 4) is 0 Å². The molecule has 0 aliphatic heterocycles. The van der Waals surface area contributed by atoms with Crippen LogP contribution in [0.5, 0.6) is 0 Å². The van der Waals surface area contributed by atoms with Crippen LogP contribution in [0.15, 0.2) is 0 Å². The van der Waals surface area contributed by atoms with Gasteiger partial charge in [0.25, 0.3) is 0 Å². The molecule has 0 N–H and O–H groups in total. The van der Waals surface area contributed by atoms with Crippen LogP contribution in [-0.2, 0) is 0 Å². The highest BCUT2D eigenvalue weighted by Gasteiger charge is 2.35. The first-order chi connectivity index (χ1) is 10.2. The molecule has 2 aliphatic rings. The number of nitrogens with zero attached hydrogens (tertiary/aromatic N) is 1. The topological polar surface area (TPSA) is 3.24 Å². The number of hydrogen-bond donors (Lipinski definition) is 0. The van der Waals surface area contributed by atoms with E-state index in [4.69, 9.17) is 0 Å². The van der Waals surface area contributed by atoms with Gasteiger partial charge in [-0.25, -0.2) is 0 Å². The zero-order valence-corrected chi connectivity index (χ0v) is 15.0. The lowest BCUT2D eigenvalue weighted by Crippen LogP contribution is -2.39. The molecule has 0 aromatic carbocycles. The second-order valence-electron chi connectivity index (χ2n) is 8.31. The smallest absolute Gasteiger partial charge is 0.00926 e. The molecule has 1 spiro atoms. The maximum atomic E-state index is 2.63. The summed E-state index contributed by atoms with van der Waals surface area (Å²) in [5, 5.41) is 0. The van der Waals surface area contributed by atoms with Crippen molar-refractivity contribution in [1.29, 1.82) is 0 Å².